The van der Waals surface area contributed by atoms with Crippen molar-refractivity contribution in [2.45, 2.75) is 45.0 Å². The molecule has 0 aliphatic carbocycles. The molecule has 0 aliphatic rings. The monoisotopic (exact) mass is 478 g/mol. The zero-order chi connectivity index (χ0) is 22.4. The highest BCUT2D eigenvalue weighted by Crippen LogP contribution is 2.27. The summed E-state index contributed by atoms with van der Waals surface area (Å²) in [6.45, 7) is 6.72. The van der Waals surface area contributed by atoms with Gasteiger partial charge in [-0.3, -0.25) is 4.79 Å². The van der Waals surface area contributed by atoms with Gasteiger partial charge in [-0.15, -0.1) is 10.2 Å². The Labute approximate surface area is 196 Å². The second-order valence-corrected chi connectivity index (χ2v) is 8.59. The number of benzene rings is 2. The van der Waals surface area contributed by atoms with Crippen LogP contribution < -0.4 is 10.1 Å². The van der Waals surface area contributed by atoms with Crippen molar-refractivity contribution in [3.05, 3.63) is 63.9 Å². The van der Waals surface area contributed by atoms with Gasteiger partial charge in [-0.2, -0.15) is 0 Å². The lowest BCUT2D eigenvalue weighted by atomic mass is 10.2. The third-order valence-corrected chi connectivity index (χ3v) is 6.14. The molecular weight excluding hydrogens is 455 g/mol. The predicted octanol–water partition coefficient (Wildman–Crippen LogP) is 6.04. The van der Waals surface area contributed by atoms with Crippen molar-refractivity contribution in [2.24, 2.45) is 0 Å². The molecule has 0 saturated heterocycles. The molecule has 0 fully saturated rings. The number of rotatable bonds is 9. The molecule has 0 bridgehead atoms. The average Bonchev–Trinajstić information content (AvgIpc) is 3.18. The second-order valence-electron chi connectivity index (χ2n) is 6.80. The Morgan fingerprint density at radius 1 is 1.16 bits per heavy atom. The molecule has 2 aromatic carbocycles. The first-order chi connectivity index (χ1) is 14.9. The third-order valence-electron chi connectivity index (χ3n) is 4.60. The Hall–Kier alpha value is -2.22. The van der Waals surface area contributed by atoms with E-state index >= 15 is 0 Å². The molecule has 1 heterocycles. The Kier molecular flexibility index (Phi) is 8.23. The Bertz CT molecular complexity index is 1040. The molecule has 3 aromatic rings. The molecular formula is C22H24Cl2N4O2S. The molecule has 0 saturated carbocycles. The molecule has 1 N–H and O–H groups in total. The summed E-state index contributed by atoms with van der Waals surface area (Å²) in [6, 6.07) is 13.0. The van der Waals surface area contributed by atoms with Gasteiger partial charge >= 0.3 is 0 Å². The number of carbonyl (C=O) groups is 1. The van der Waals surface area contributed by atoms with Crippen LogP contribution in [0.2, 0.25) is 10.0 Å². The molecule has 6 nitrogen and oxygen atoms in total. The van der Waals surface area contributed by atoms with Crippen molar-refractivity contribution in [1.82, 2.24) is 14.8 Å². The molecule has 0 aliphatic heterocycles. The summed E-state index contributed by atoms with van der Waals surface area (Å²) in [7, 11) is 0. The fourth-order valence-corrected chi connectivity index (χ4v) is 4.12. The number of hydrogen-bond acceptors (Lipinski definition) is 5. The average molecular weight is 479 g/mol. The van der Waals surface area contributed by atoms with Crippen molar-refractivity contribution < 1.29 is 9.53 Å². The summed E-state index contributed by atoms with van der Waals surface area (Å²) in [6.07, 6.45) is 0.700. The maximum Gasteiger partial charge on any atom is 0.234 e. The lowest BCUT2D eigenvalue weighted by Gasteiger charge is -2.16. The van der Waals surface area contributed by atoms with E-state index in [1.165, 1.54) is 17.3 Å². The van der Waals surface area contributed by atoms with Gasteiger partial charge in [0.2, 0.25) is 5.91 Å². The van der Waals surface area contributed by atoms with Gasteiger partial charge in [0.15, 0.2) is 17.1 Å². The van der Waals surface area contributed by atoms with Crippen LogP contribution in [0.3, 0.4) is 0 Å². The lowest BCUT2D eigenvalue weighted by molar-refractivity contribution is -0.113. The third kappa shape index (κ3) is 6.15. The van der Waals surface area contributed by atoms with Gasteiger partial charge in [-0.1, -0.05) is 54.0 Å². The number of aromatic nitrogens is 3. The molecule has 0 spiro atoms. The smallest absolute Gasteiger partial charge is 0.234 e. The zero-order valence-corrected chi connectivity index (χ0v) is 19.9. The van der Waals surface area contributed by atoms with Crippen LogP contribution in [0.4, 0.5) is 5.69 Å². The van der Waals surface area contributed by atoms with Gasteiger partial charge in [-0.25, -0.2) is 0 Å². The highest BCUT2D eigenvalue weighted by molar-refractivity contribution is 7.99. The van der Waals surface area contributed by atoms with Crippen LogP contribution in [0.25, 0.3) is 0 Å². The topological polar surface area (TPSA) is 69.0 Å². The minimum atomic E-state index is -0.284. The summed E-state index contributed by atoms with van der Waals surface area (Å²) in [5.74, 6) is 1.45. The van der Waals surface area contributed by atoms with Crippen LogP contribution in [0.1, 0.15) is 38.3 Å². The Morgan fingerprint density at radius 2 is 1.90 bits per heavy atom. The standard InChI is InChI=1S/C22H24Cl2N4O2S/c1-4-15-6-9-17(10-7-15)30-14(3)21-26-27-22(28(21)5-2)31-13-20(29)25-19-12-16(23)8-11-18(19)24/h6-12,14H,4-5,13H2,1-3H3,(H,25,29)/t14-/m0/s1. The van der Waals surface area contributed by atoms with E-state index in [9.17, 15) is 4.79 Å². The van der Waals surface area contributed by atoms with Crippen LogP contribution in [0, 0.1) is 0 Å². The molecule has 0 radical (unpaired) electrons. The first kappa shape index (κ1) is 23.4. The number of amides is 1. The molecule has 3 rings (SSSR count). The van der Waals surface area contributed by atoms with Crippen molar-refractivity contribution in [2.75, 3.05) is 11.1 Å². The number of hydrogen-bond donors (Lipinski definition) is 1. The summed E-state index contributed by atoms with van der Waals surface area (Å²) in [4.78, 5) is 12.4. The molecule has 1 atom stereocenters. The fourth-order valence-electron chi connectivity index (χ4n) is 2.97. The number of nitrogens with zero attached hydrogens (tertiary/aromatic N) is 3. The zero-order valence-electron chi connectivity index (χ0n) is 17.6. The number of anilines is 1. The first-order valence-electron chi connectivity index (χ1n) is 9.97. The number of thioether (sulfide) groups is 1. The first-order valence-corrected chi connectivity index (χ1v) is 11.7. The van der Waals surface area contributed by atoms with E-state index in [4.69, 9.17) is 27.9 Å². The van der Waals surface area contributed by atoms with E-state index in [0.717, 1.165) is 12.2 Å². The van der Waals surface area contributed by atoms with Crippen molar-refractivity contribution in [1.29, 1.82) is 0 Å². The number of ether oxygens (including phenoxy) is 1. The number of aryl methyl sites for hydroxylation is 1. The van der Waals surface area contributed by atoms with Crippen molar-refractivity contribution >= 4 is 46.6 Å². The van der Waals surface area contributed by atoms with E-state index in [1.807, 2.05) is 30.5 Å². The number of halogens is 2. The summed E-state index contributed by atoms with van der Waals surface area (Å²) in [5, 5.41) is 12.9. The summed E-state index contributed by atoms with van der Waals surface area (Å²) < 4.78 is 8.00. The highest BCUT2D eigenvalue weighted by atomic mass is 35.5. The SMILES string of the molecule is CCc1ccc(O[C@@H](C)c2nnc(SCC(=O)Nc3cc(Cl)ccc3Cl)n2CC)cc1. The number of nitrogens with one attached hydrogen (secondary N) is 1. The largest absolute Gasteiger partial charge is 0.483 e. The van der Waals surface area contributed by atoms with E-state index < -0.39 is 0 Å². The van der Waals surface area contributed by atoms with E-state index in [0.29, 0.717) is 33.3 Å². The minimum Gasteiger partial charge on any atom is -0.483 e. The molecule has 31 heavy (non-hydrogen) atoms. The van der Waals surface area contributed by atoms with Crippen molar-refractivity contribution in [3.8, 4) is 5.75 Å². The molecule has 1 aromatic heterocycles. The van der Waals surface area contributed by atoms with Crippen LogP contribution in [-0.4, -0.2) is 26.4 Å². The van der Waals surface area contributed by atoms with Gasteiger partial charge in [0.05, 0.1) is 16.5 Å². The Morgan fingerprint density at radius 3 is 2.58 bits per heavy atom. The molecule has 1 amide bonds. The van der Waals surface area contributed by atoms with E-state index in [1.54, 1.807) is 18.2 Å². The van der Waals surface area contributed by atoms with E-state index in [2.05, 4.69) is 34.6 Å². The lowest BCUT2D eigenvalue weighted by Crippen LogP contribution is -2.15. The molecule has 9 heteroatoms. The highest BCUT2D eigenvalue weighted by Gasteiger charge is 2.19. The van der Waals surface area contributed by atoms with E-state index in [-0.39, 0.29) is 17.8 Å². The van der Waals surface area contributed by atoms with Crippen LogP contribution in [0.15, 0.2) is 47.6 Å². The fraction of sp³-hybridized carbons (Fsp3) is 0.318. The molecule has 164 valence electrons. The van der Waals surface area contributed by atoms with Gasteiger partial charge in [0, 0.05) is 11.6 Å². The Balaban J connectivity index is 1.63. The van der Waals surface area contributed by atoms with Gasteiger partial charge < -0.3 is 14.6 Å². The van der Waals surface area contributed by atoms with Crippen molar-refractivity contribution in [3.63, 3.8) is 0 Å². The molecule has 0 unspecified atom stereocenters. The van der Waals surface area contributed by atoms with Crippen LogP contribution >= 0.6 is 35.0 Å². The minimum absolute atomic E-state index is 0.161. The van der Waals surface area contributed by atoms with Gasteiger partial charge in [0.25, 0.3) is 0 Å². The maximum atomic E-state index is 12.4. The summed E-state index contributed by atoms with van der Waals surface area (Å²) in [5.41, 5.74) is 1.74. The van der Waals surface area contributed by atoms with Gasteiger partial charge in [0.1, 0.15) is 5.75 Å². The number of carbonyl (C=O) groups excluding carboxylic acids is 1. The quantitative estimate of drug-likeness (QED) is 0.379. The summed E-state index contributed by atoms with van der Waals surface area (Å²) >= 11 is 13.4. The predicted molar refractivity (Wildman–Crippen MR) is 126 cm³/mol. The van der Waals surface area contributed by atoms with Gasteiger partial charge in [-0.05, 0) is 56.2 Å². The second kappa shape index (κ2) is 10.9. The van der Waals surface area contributed by atoms with Crippen LogP contribution in [0.5, 0.6) is 5.75 Å². The normalized spacial score (nSPS) is 11.9. The van der Waals surface area contributed by atoms with Crippen LogP contribution in [-0.2, 0) is 17.8 Å². The maximum absolute atomic E-state index is 12.4.